The topological polar surface area (TPSA) is 55.8 Å². The Morgan fingerprint density at radius 2 is 2.23 bits per heavy atom. The maximum atomic E-state index is 10.4. The molecule has 0 aromatic heterocycles. The maximum absolute atomic E-state index is 10.4. The molecule has 0 aromatic rings. The number of carbonyl (C=O) groups is 1. The lowest BCUT2D eigenvalue weighted by Crippen LogP contribution is -2.19. The molecule has 0 amide bonds. The molecule has 13 heavy (non-hydrogen) atoms. The molecule has 0 aliphatic rings. The van der Waals surface area contributed by atoms with Crippen LogP contribution in [0, 0.1) is 0 Å². The van der Waals surface area contributed by atoms with Crippen LogP contribution in [0.3, 0.4) is 0 Å². The summed E-state index contributed by atoms with van der Waals surface area (Å²) in [6.07, 6.45) is 0.811. The zero-order valence-electron chi connectivity index (χ0n) is 7.66. The Morgan fingerprint density at radius 3 is 2.69 bits per heavy atom. The third-order valence-corrected chi connectivity index (χ3v) is 1.45. The summed E-state index contributed by atoms with van der Waals surface area (Å²) in [7, 11) is 0. The molecule has 0 fully saturated rings. The van der Waals surface area contributed by atoms with Gasteiger partial charge in [-0.1, -0.05) is 13.2 Å². The highest BCUT2D eigenvalue weighted by atomic mass is 16.5. The number of hydrogen-bond donors (Lipinski definition) is 1. The van der Waals surface area contributed by atoms with Gasteiger partial charge in [0, 0.05) is 0 Å². The number of carboxylic acid groups (broad SMARTS) is 1. The highest BCUT2D eigenvalue weighted by Crippen LogP contribution is 2.03. The van der Waals surface area contributed by atoms with Crippen molar-refractivity contribution < 1.29 is 19.4 Å². The van der Waals surface area contributed by atoms with E-state index >= 15 is 0 Å². The first-order valence-corrected chi connectivity index (χ1v) is 3.85. The van der Waals surface area contributed by atoms with Crippen molar-refractivity contribution in [2.24, 2.45) is 0 Å². The Bertz CT molecular complexity index is 198. The largest absolute Gasteiger partial charge is 0.499 e. The van der Waals surface area contributed by atoms with Crippen LogP contribution in [0.1, 0.15) is 6.92 Å². The minimum absolute atomic E-state index is 0.0404. The number of rotatable bonds is 7. The molecule has 0 rings (SSSR count). The Kier molecular flexibility index (Phi) is 5.63. The minimum Gasteiger partial charge on any atom is -0.499 e. The second kappa shape index (κ2) is 6.25. The minimum atomic E-state index is -1.04. The van der Waals surface area contributed by atoms with Gasteiger partial charge in [-0.05, 0) is 6.92 Å². The first-order chi connectivity index (χ1) is 6.09. The third kappa shape index (κ3) is 5.03. The average Bonchev–Trinajstić information content (AvgIpc) is 2.10. The van der Waals surface area contributed by atoms with Crippen molar-refractivity contribution in [2.45, 2.75) is 13.0 Å². The Hall–Kier alpha value is -1.29. The highest BCUT2D eigenvalue weighted by molar-refractivity contribution is 5.86. The van der Waals surface area contributed by atoms with Gasteiger partial charge >= 0.3 is 5.97 Å². The summed E-state index contributed by atoms with van der Waals surface area (Å²) in [5.41, 5.74) is 0.0404. The van der Waals surface area contributed by atoms with Crippen molar-refractivity contribution in [3.63, 3.8) is 0 Å². The number of aliphatic carboxylic acids is 1. The van der Waals surface area contributed by atoms with Crippen LogP contribution in [0.15, 0.2) is 25.0 Å². The molecule has 74 valence electrons. The van der Waals surface area contributed by atoms with Gasteiger partial charge in [0.05, 0.1) is 24.5 Å². The summed E-state index contributed by atoms with van der Waals surface area (Å²) in [6.45, 7) is 9.03. The number of hydrogen-bond acceptors (Lipinski definition) is 3. The first-order valence-electron chi connectivity index (χ1n) is 3.85. The lowest BCUT2D eigenvalue weighted by molar-refractivity contribution is -0.134. The van der Waals surface area contributed by atoms with E-state index in [0.717, 1.165) is 0 Å². The van der Waals surface area contributed by atoms with Gasteiger partial charge in [0.1, 0.15) is 6.61 Å². The van der Waals surface area contributed by atoms with Gasteiger partial charge in [-0.2, -0.15) is 0 Å². The summed E-state index contributed by atoms with van der Waals surface area (Å²) >= 11 is 0. The van der Waals surface area contributed by atoms with E-state index in [2.05, 4.69) is 13.2 Å². The van der Waals surface area contributed by atoms with Crippen LogP contribution in [0.2, 0.25) is 0 Å². The van der Waals surface area contributed by atoms with E-state index in [4.69, 9.17) is 14.6 Å². The zero-order valence-corrected chi connectivity index (χ0v) is 7.66. The van der Waals surface area contributed by atoms with Crippen molar-refractivity contribution in [3.8, 4) is 0 Å². The molecule has 0 aromatic carbocycles. The van der Waals surface area contributed by atoms with E-state index < -0.39 is 12.1 Å². The fourth-order valence-electron chi connectivity index (χ4n) is 0.631. The molecule has 4 heteroatoms. The van der Waals surface area contributed by atoms with Gasteiger partial charge in [0.25, 0.3) is 0 Å². The second-order valence-electron chi connectivity index (χ2n) is 2.38. The first kappa shape index (κ1) is 11.7. The van der Waals surface area contributed by atoms with Crippen LogP contribution in [-0.2, 0) is 14.3 Å². The Morgan fingerprint density at radius 1 is 1.62 bits per heavy atom. The molecule has 1 unspecified atom stereocenters. The fraction of sp³-hybridized carbons (Fsp3) is 0.444. The number of carboxylic acids is 1. The van der Waals surface area contributed by atoms with Crippen molar-refractivity contribution in [3.05, 3.63) is 25.0 Å². The standard InChI is InChI=1S/C9H14O4/c1-4-12-5-6-13-8(3)7(2)9(10)11/h4,8H,1-2,5-6H2,3H3,(H,10,11). The molecular weight excluding hydrogens is 172 g/mol. The normalized spacial score (nSPS) is 11.8. The van der Waals surface area contributed by atoms with E-state index in [1.165, 1.54) is 6.26 Å². The summed E-state index contributed by atoms with van der Waals surface area (Å²) < 4.78 is 9.90. The van der Waals surface area contributed by atoms with Crippen molar-refractivity contribution in [1.82, 2.24) is 0 Å². The summed E-state index contributed by atoms with van der Waals surface area (Å²) in [4.78, 5) is 10.4. The Labute approximate surface area is 77.5 Å². The predicted octanol–water partition coefficient (Wildman–Crippen LogP) is 1.19. The van der Waals surface area contributed by atoms with Crippen LogP contribution in [-0.4, -0.2) is 30.4 Å². The fourth-order valence-corrected chi connectivity index (χ4v) is 0.631. The molecule has 1 atom stereocenters. The third-order valence-electron chi connectivity index (χ3n) is 1.45. The van der Waals surface area contributed by atoms with Gasteiger partial charge in [-0.3, -0.25) is 0 Å². The van der Waals surface area contributed by atoms with Crippen LogP contribution in [0.5, 0.6) is 0 Å². The van der Waals surface area contributed by atoms with Gasteiger partial charge in [-0.15, -0.1) is 0 Å². The number of ether oxygens (including phenoxy) is 2. The highest BCUT2D eigenvalue weighted by Gasteiger charge is 2.13. The van der Waals surface area contributed by atoms with Gasteiger partial charge in [0.2, 0.25) is 0 Å². The average molecular weight is 186 g/mol. The van der Waals surface area contributed by atoms with Crippen molar-refractivity contribution in [1.29, 1.82) is 0 Å². The molecule has 0 spiro atoms. The lowest BCUT2D eigenvalue weighted by Gasteiger charge is -2.12. The summed E-state index contributed by atoms with van der Waals surface area (Å²) in [5.74, 6) is -1.04. The molecule has 0 saturated heterocycles. The molecule has 0 bridgehead atoms. The molecule has 0 heterocycles. The smallest absolute Gasteiger partial charge is 0.333 e. The molecule has 0 radical (unpaired) electrons. The van der Waals surface area contributed by atoms with Crippen molar-refractivity contribution >= 4 is 5.97 Å². The summed E-state index contributed by atoms with van der Waals surface area (Å²) in [5, 5.41) is 8.53. The molecule has 0 aliphatic heterocycles. The molecule has 4 nitrogen and oxygen atoms in total. The van der Waals surface area contributed by atoms with E-state index in [9.17, 15) is 4.79 Å². The van der Waals surface area contributed by atoms with E-state index in [0.29, 0.717) is 13.2 Å². The lowest BCUT2D eigenvalue weighted by atomic mass is 10.2. The van der Waals surface area contributed by atoms with E-state index in [1.807, 2.05) is 0 Å². The van der Waals surface area contributed by atoms with Gasteiger partial charge in [-0.25, -0.2) is 4.79 Å². The second-order valence-corrected chi connectivity index (χ2v) is 2.38. The summed E-state index contributed by atoms with van der Waals surface area (Å²) in [6, 6.07) is 0. The van der Waals surface area contributed by atoms with Gasteiger partial charge in [0.15, 0.2) is 0 Å². The zero-order chi connectivity index (χ0) is 10.3. The molecule has 0 saturated carbocycles. The Balaban J connectivity index is 3.61. The van der Waals surface area contributed by atoms with E-state index in [-0.39, 0.29) is 5.57 Å². The predicted molar refractivity (Wildman–Crippen MR) is 48.3 cm³/mol. The van der Waals surface area contributed by atoms with Crippen LogP contribution in [0.4, 0.5) is 0 Å². The molecule has 0 aliphatic carbocycles. The molecular formula is C9H14O4. The van der Waals surface area contributed by atoms with Crippen LogP contribution >= 0.6 is 0 Å². The SMILES string of the molecule is C=COCCOC(C)C(=C)C(=O)O. The quantitative estimate of drug-likeness (QED) is 0.368. The maximum Gasteiger partial charge on any atom is 0.333 e. The van der Waals surface area contributed by atoms with Crippen LogP contribution in [0.25, 0.3) is 0 Å². The monoisotopic (exact) mass is 186 g/mol. The van der Waals surface area contributed by atoms with E-state index in [1.54, 1.807) is 6.92 Å². The van der Waals surface area contributed by atoms with Crippen molar-refractivity contribution in [2.75, 3.05) is 13.2 Å². The molecule has 1 N–H and O–H groups in total. The van der Waals surface area contributed by atoms with Crippen LogP contribution < -0.4 is 0 Å². The van der Waals surface area contributed by atoms with Gasteiger partial charge < -0.3 is 14.6 Å².